The molecule has 0 aliphatic heterocycles. The van der Waals surface area contributed by atoms with E-state index in [4.69, 9.17) is 5.73 Å². The van der Waals surface area contributed by atoms with Crippen LogP contribution in [0.2, 0.25) is 0 Å². The van der Waals surface area contributed by atoms with E-state index in [2.05, 4.69) is 42.3 Å². The Kier molecular flexibility index (Phi) is 12.1. The van der Waals surface area contributed by atoms with Crippen molar-refractivity contribution in [3.8, 4) is 0 Å². The van der Waals surface area contributed by atoms with Gasteiger partial charge in [-0.1, -0.05) is 44.5 Å². The van der Waals surface area contributed by atoms with Crippen LogP contribution in [-0.2, 0) is 17.9 Å². The molecule has 2 atom stereocenters. The molecule has 0 aromatic heterocycles. The molecule has 0 radical (unpaired) electrons. The Labute approximate surface area is 164 Å². The van der Waals surface area contributed by atoms with Gasteiger partial charge in [0, 0.05) is 25.0 Å². The van der Waals surface area contributed by atoms with E-state index in [9.17, 15) is 4.79 Å². The van der Waals surface area contributed by atoms with Crippen LogP contribution in [0, 0.1) is 5.92 Å². The van der Waals surface area contributed by atoms with Crippen molar-refractivity contribution in [1.82, 2.24) is 10.2 Å². The summed E-state index contributed by atoms with van der Waals surface area (Å²) in [6.45, 7) is 7.99. The topological polar surface area (TPSA) is 58.4 Å². The van der Waals surface area contributed by atoms with E-state index in [0.717, 1.165) is 45.3 Å². The largest absolute Gasteiger partial charge is 0.352 e. The predicted octanol–water partition coefficient (Wildman–Crippen LogP) is 3.51. The smallest absolute Gasteiger partial charge is 0.223 e. The number of benzene rings is 1. The van der Waals surface area contributed by atoms with Gasteiger partial charge in [-0.3, -0.25) is 9.69 Å². The first-order valence-corrected chi connectivity index (χ1v) is 8.96. The Morgan fingerprint density at radius 2 is 1.80 bits per heavy atom. The number of carbonyl (C=O) groups is 1. The molecule has 1 fully saturated rings. The van der Waals surface area contributed by atoms with Crippen molar-refractivity contribution < 1.29 is 4.79 Å². The van der Waals surface area contributed by atoms with Gasteiger partial charge in [-0.15, -0.1) is 24.8 Å². The van der Waals surface area contributed by atoms with Crippen molar-refractivity contribution in [3.05, 3.63) is 35.4 Å². The normalized spacial score (nSPS) is 19.7. The standard InChI is InChI=1S/C19H31N3O.2ClH/c1-3-22(4-2)14-17-9-6-5-8-16(17)13-21-19(23)15-10-7-11-18(20)12-15;;/h5-6,8-9,15,18H,3-4,7,10-14,20H2,1-2H3,(H,21,23);2*1H. The van der Waals surface area contributed by atoms with Gasteiger partial charge >= 0.3 is 0 Å². The SMILES string of the molecule is CCN(CC)Cc1ccccc1CNC(=O)C1CCCC(N)C1.Cl.Cl. The summed E-state index contributed by atoms with van der Waals surface area (Å²) < 4.78 is 0. The highest BCUT2D eigenvalue weighted by Gasteiger charge is 2.25. The number of hydrogen-bond acceptors (Lipinski definition) is 3. The van der Waals surface area contributed by atoms with E-state index in [-0.39, 0.29) is 42.7 Å². The molecule has 6 heteroatoms. The van der Waals surface area contributed by atoms with Crippen molar-refractivity contribution in [2.45, 2.75) is 58.7 Å². The van der Waals surface area contributed by atoms with Gasteiger partial charge in [0.2, 0.25) is 5.91 Å². The van der Waals surface area contributed by atoms with Crippen LogP contribution in [0.3, 0.4) is 0 Å². The summed E-state index contributed by atoms with van der Waals surface area (Å²) in [5.41, 5.74) is 8.51. The molecule has 144 valence electrons. The maximum atomic E-state index is 12.4. The van der Waals surface area contributed by atoms with E-state index in [1.165, 1.54) is 11.1 Å². The zero-order chi connectivity index (χ0) is 16.7. The molecule has 25 heavy (non-hydrogen) atoms. The second-order valence-corrected chi connectivity index (χ2v) is 6.57. The van der Waals surface area contributed by atoms with Crippen molar-refractivity contribution in [3.63, 3.8) is 0 Å². The highest BCUT2D eigenvalue weighted by Crippen LogP contribution is 2.23. The number of rotatable bonds is 7. The minimum atomic E-state index is 0. The van der Waals surface area contributed by atoms with Gasteiger partial charge in [-0.25, -0.2) is 0 Å². The second-order valence-electron chi connectivity index (χ2n) is 6.57. The highest BCUT2D eigenvalue weighted by atomic mass is 35.5. The van der Waals surface area contributed by atoms with Crippen molar-refractivity contribution >= 4 is 30.7 Å². The van der Waals surface area contributed by atoms with E-state index in [1.54, 1.807) is 0 Å². The zero-order valence-electron chi connectivity index (χ0n) is 15.4. The van der Waals surface area contributed by atoms with Gasteiger partial charge < -0.3 is 11.1 Å². The lowest BCUT2D eigenvalue weighted by Gasteiger charge is -2.26. The summed E-state index contributed by atoms with van der Waals surface area (Å²) in [4.78, 5) is 14.8. The van der Waals surface area contributed by atoms with E-state index in [0.29, 0.717) is 6.54 Å². The van der Waals surface area contributed by atoms with E-state index < -0.39 is 0 Å². The molecule has 1 aliphatic rings. The first kappa shape index (κ1) is 24.2. The zero-order valence-corrected chi connectivity index (χ0v) is 17.0. The van der Waals surface area contributed by atoms with E-state index in [1.807, 2.05) is 6.07 Å². The van der Waals surface area contributed by atoms with Crippen LogP contribution in [-0.4, -0.2) is 29.9 Å². The van der Waals surface area contributed by atoms with Gasteiger partial charge in [0.25, 0.3) is 0 Å². The van der Waals surface area contributed by atoms with Gasteiger partial charge in [-0.05, 0) is 43.5 Å². The number of halogens is 2. The van der Waals surface area contributed by atoms with Gasteiger partial charge in [0.1, 0.15) is 0 Å². The van der Waals surface area contributed by atoms with Gasteiger partial charge in [0.05, 0.1) is 0 Å². The number of hydrogen-bond donors (Lipinski definition) is 2. The highest BCUT2D eigenvalue weighted by molar-refractivity contribution is 5.85. The van der Waals surface area contributed by atoms with Crippen LogP contribution >= 0.6 is 24.8 Å². The Morgan fingerprint density at radius 3 is 2.40 bits per heavy atom. The van der Waals surface area contributed by atoms with Crippen LogP contribution in [0.5, 0.6) is 0 Å². The lowest BCUT2D eigenvalue weighted by atomic mass is 9.85. The minimum Gasteiger partial charge on any atom is -0.352 e. The van der Waals surface area contributed by atoms with Gasteiger partial charge in [-0.2, -0.15) is 0 Å². The third kappa shape index (κ3) is 7.53. The number of nitrogens with zero attached hydrogens (tertiary/aromatic N) is 1. The molecule has 2 rings (SSSR count). The third-order valence-corrected chi connectivity index (χ3v) is 4.95. The quantitative estimate of drug-likeness (QED) is 0.749. The second kappa shape index (κ2) is 12.5. The molecule has 0 heterocycles. The summed E-state index contributed by atoms with van der Waals surface area (Å²) in [6.07, 6.45) is 3.92. The average Bonchev–Trinajstić information content (AvgIpc) is 2.58. The summed E-state index contributed by atoms with van der Waals surface area (Å²) in [7, 11) is 0. The maximum absolute atomic E-state index is 12.4. The summed E-state index contributed by atoms with van der Waals surface area (Å²) in [5.74, 6) is 0.256. The lowest BCUT2D eigenvalue weighted by Crippen LogP contribution is -2.37. The number of carbonyl (C=O) groups excluding carboxylic acids is 1. The summed E-state index contributed by atoms with van der Waals surface area (Å²) >= 11 is 0. The molecule has 1 aromatic carbocycles. The predicted molar refractivity (Wildman–Crippen MR) is 109 cm³/mol. The van der Waals surface area contributed by atoms with Crippen molar-refractivity contribution in [2.24, 2.45) is 11.7 Å². The monoisotopic (exact) mass is 389 g/mol. The molecule has 3 N–H and O–H groups in total. The molecule has 1 saturated carbocycles. The molecular formula is C19H33Cl2N3O. The van der Waals surface area contributed by atoms with Gasteiger partial charge in [0.15, 0.2) is 0 Å². The molecule has 0 spiro atoms. The van der Waals surface area contributed by atoms with Crippen LogP contribution in [0.4, 0.5) is 0 Å². The third-order valence-electron chi connectivity index (χ3n) is 4.95. The van der Waals surface area contributed by atoms with Crippen molar-refractivity contribution in [2.75, 3.05) is 13.1 Å². The van der Waals surface area contributed by atoms with E-state index >= 15 is 0 Å². The number of nitrogens with one attached hydrogen (secondary N) is 1. The fourth-order valence-corrected chi connectivity index (χ4v) is 3.36. The van der Waals surface area contributed by atoms with Crippen LogP contribution in [0.1, 0.15) is 50.7 Å². The van der Waals surface area contributed by atoms with Crippen molar-refractivity contribution in [1.29, 1.82) is 0 Å². The molecule has 0 bridgehead atoms. The van der Waals surface area contributed by atoms with Crippen LogP contribution in [0.15, 0.2) is 24.3 Å². The molecule has 4 nitrogen and oxygen atoms in total. The molecule has 0 saturated heterocycles. The maximum Gasteiger partial charge on any atom is 0.223 e. The summed E-state index contributed by atoms with van der Waals surface area (Å²) in [5, 5.41) is 3.13. The first-order valence-electron chi connectivity index (χ1n) is 8.96. The van der Waals surface area contributed by atoms with Crippen LogP contribution < -0.4 is 11.1 Å². The molecule has 2 unspecified atom stereocenters. The molecule has 1 aliphatic carbocycles. The number of amides is 1. The Morgan fingerprint density at radius 1 is 1.16 bits per heavy atom. The average molecular weight is 390 g/mol. The summed E-state index contributed by atoms with van der Waals surface area (Å²) in [6, 6.07) is 8.59. The molecular weight excluding hydrogens is 357 g/mol. The Balaban J connectivity index is 0.00000288. The molecule has 1 amide bonds. The molecule has 1 aromatic rings. The lowest BCUT2D eigenvalue weighted by molar-refractivity contribution is -0.126. The Bertz CT molecular complexity index is 509. The first-order chi connectivity index (χ1) is 11.1. The fraction of sp³-hybridized carbons (Fsp3) is 0.632. The Hall–Kier alpha value is -0.810. The minimum absolute atomic E-state index is 0. The van der Waals surface area contributed by atoms with Crippen LogP contribution in [0.25, 0.3) is 0 Å². The number of nitrogens with two attached hydrogens (primary N) is 1. The fourth-order valence-electron chi connectivity index (χ4n) is 3.36.